The van der Waals surface area contributed by atoms with Crippen LogP contribution < -0.4 is 9.47 Å². The molecule has 2 aliphatic rings. The van der Waals surface area contributed by atoms with Crippen molar-refractivity contribution >= 4 is 0 Å². The Morgan fingerprint density at radius 2 is 0.683 bits per heavy atom. The van der Waals surface area contributed by atoms with Gasteiger partial charge < -0.3 is 18.9 Å². The smallest absolute Gasteiger partial charge is 0.126 e. The van der Waals surface area contributed by atoms with Gasteiger partial charge in [0.2, 0.25) is 0 Å². The number of hydrogen-bond donors (Lipinski definition) is 0. The van der Waals surface area contributed by atoms with Crippen LogP contribution in [-0.4, -0.2) is 38.6 Å². The summed E-state index contributed by atoms with van der Waals surface area (Å²) < 4.78 is 25.5. The highest BCUT2D eigenvalue weighted by molar-refractivity contribution is 5.58. The molecule has 2 aromatic rings. The van der Waals surface area contributed by atoms with E-state index in [1.165, 1.54) is 122 Å². The van der Waals surface area contributed by atoms with Crippen molar-refractivity contribution in [1.29, 1.82) is 0 Å². The summed E-state index contributed by atoms with van der Waals surface area (Å²) in [7, 11) is 0. The molecule has 63 heavy (non-hydrogen) atoms. The van der Waals surface area contributed by atoms with Gasteiger partial charge in [0.15, 0.2) is 0 Å². The van der Waals surface area contributed by atoms with Gasteiger partial charge in [-0.25, -0.2) is 0 Å². The monoisotopic (exact) mass is 873 g/mol. The highest BCUT2D eigenvalue weighted by Gasteiger charge is 2.39. The molecule has 0 N–H and O–H groups in total. The van der Waals surface area contributed by atoms with Crippen LogP contribution in [0.15, 0.2) is 24.3 Å². The number of benzene rings is 2. The lowest BCUT2D eigenvalue weighted by Crippen LogP contribution is -2.29. The minimum Gasteiger partial charge on any atom is -0.493 e. The molecule has 2 aliphatic heterocycles. The average Bonchev–Trinajstić information content (AvgIpc) is 4.17. The first-order valence-electron chi connectivity index (χ1n) is 26.7. The van der Waals surface area contributed by atoms with Gasteiger partial charge >= 0.3 is 0 Å². The third-order valence-electron chi connectivity index (χ3n) is 15.3. The van der Waals surface area contributed by atoms with Crippen molar-refractivity contribution in [3.05, 3.63) is 57.6 Å². The lowest BCUT2D eigenvalue weighted by atomic mass is 9.67. The van der Waals surface area contributed by atoms with Gasteiger partial charge in [-0.15, -0.1) is 0 Å². The van der Waals surface area contributed by atoms with E-state index >= 15 is 0 Å². The maximum atomic E-state index is 7.17. The van der Waals surface area contributed by atoms with E-state index in [9.17, 15) is 0 Å². The fraction of sp³-hybridized carbons (Fsp3) is 0.797. The number of unbranched alkanes of at least 4 members (excludes halogenated alkanes) is 10. The van der Waals surface area contributed by atoms with Crippen molar-refractivity contribution in [2.24, 2.45) is 0 Å². The van der Waals surface area contributed by atoms with Gasteiger partial charge in [0.05, 0.1) is 38.6 Å². The van der Waals surface area contributed by atoms with Crippen LogP contribution in [0, 0.1) is 0 Å². The van der Waals surface area contributed by atoms with E-state index in [-0.39, 0.29) is 27.1 Å². The van der Waals surface area contributed by atoms with Gasteiger partial charge in [0.1, 0.15) is 11.5 Å². The van der Waals surface area contributed by atoms with Crippen LogP contribution in [0.1, 0.15) is 272 Å². The zero-order valence-electron chi connectivity index (χ0n) is 44.0. The topological polar surface area (TPSA) is 43.5 Å². The number of epoxide rings is 2. The second kappa shape index (κ2) is 24.6. The number of rotatable bonds is 34. The Morgan fingerprint density at radius 1 is 0.413 bits per heavy atom. The SMILES string of the molecule is CCCCCC(C)(C)c1cc(C(C)(C)c2cc(C(C)(C)CCCCC)c(OCCCCC3CO3)c(C(C)(C)CCCCC)c2)cc(C(C)(C)CCCCC)c1OCCCCC1CO1. The number of ether oxygens (including phenoxy) is 4. The summed E-state index contributed by atoms with van der Waals surface area (Å²) in [5, 5.41) is 0. The Bertz CT molecular complexity index is 1430. The molecule has 360 valence electrons. The van der Waals surface area contributed by atoms with Crippen LogP contribution in [0.25, 0.3) is 0 Å². The third-order valence-corrected chi connectivity index (χ3v) is 15.3. The van der Waals surface area contributed by atoms with Crippen LogP contribution in [0.2, 0.25) is 0 Å². The van der Waals surface area contributed by atoms with E-state index < -0.39 is 0 Å². The highest BCUT2D eigenvalue weighted by Crippen LogP contribution is 2.50. The summed E-state index contributed by atoms with van der Waals surface area (Å²) in [5.74, 6) is 2.35. The Hall–Kier alpha value is -2.04. The summed E-state index contributed by atoms with van der Waals surface area (Å²) in [6, 6.07) is 10.4. The minimum absolute atomic E-state index is 0.0329. The molecule has 0 spiro atoms. The van der Waals surface area contributed by atoms with Gasteiger partial charge in [-0.2, -0.15) is 0 Å². The molecule has 2 unspecified atom stereocenters. The van der Waals surface area contributed by atoms with Gasteiger partial charge in [-0.1, -0.05) is 198 Å². The van der Waals surface area contributed by atoms with Gasteiger partial charge in [0, 0.05) is 27.7 Å². The van der Waals surface area contributed by atoms with Crippen LogP contribution in [0.4, 0.5) is 0 Å². The van der Waals surface area contributed by atoms with Crippen molar-refractivity contribution in [2.45, 2.75) is 277 Å². The molecule has 4 heteroatoms. The Labute approximate surface area is 390 Å². The molecule has 4 rings (SSSR count). The van der Waals surface area contributed by atoms with E-state index in [1.54, 1.807) is 0 Å². The molecule has 2 fully saturated rings. The molecule has 0 aliphatic carbocycles. The van der Waals surface area contributed by atoms with Crippen molar-refractivity contribution in [2.75, 3.05) is 26.4 Å². The largest absolute Gasteiger partial charge is 0.493 e. The molecule has 4 nitrogen and oxygen atoms in total. The average molecular weight is 873 g/mol. The first kappa shape index (κ1) is 53.6. The second-order valence-corrected chi connectivity index (χ2v) is 23.4. The van der Waals surface area contributed by atoms with Crippen molar-refractivity contribution in [1.82, 2.24) is 0 Å². The lowest BCUT2D eigenvalue weighted by Gasteiger charge is -2.39. The van der Waals surface area contributed by atoms with E-state index in [4.69, 9.17) is 18.9 Å². The van der Waals surface area contributed by atoms with E-state index in [0.717, 1.165) is 90.6 Å². The normalized spacial score (nSPS) is 17.0. The first-order chi connectivity index (χ1) is 29.8. The molecular formula is C59H100O4. The fourth-order valence-corrected chi connectivity index (χ4v) is 10.0. The summed E-state index contributed by atoms with van der Waals surface area (Å²) in [6.07, 6.45) is 27.2. The quantitative estimate of drug-likeness (QED) is 0.0519. The van der Waals surface area contributed by atoms with E-state index in [1.807, 2.05) is 0 Å². The molecular weight excluding hydrogens is 773 g/mol. The predicted molar refractivity (Wildman–Crippen MR) is 272 cm³/mol. The minimum atomic E-state index is -0.267. The molecule has 0 bridgehead atoms. The molecule has 0 radical (unpaired) electrons. The van der Waals surface area contributed by atoms with Crippen molar-refractivity contribution in [3.8, 4) is 11.5 Å². The Morgan fingerprint density at radius 3 is 0.921 bits per heavy atom. The zero-order chi connectivity index (χ0) is 46.3. The van der Waals surface area contributed by atoms with Crippen molar-refractivity contribution < 1.29 is 18.9 Å². The molecule has 2 heterocycles. The summed E-state index contributed by atoms with van der Waals surface area (Å²) in [4.78, 5) is 0. The lowest BCUT2D eigenvalue weighted by molar-refractivity contribution is 0.278. The van der Waals surface area contributed by atoms with E-state index in [2.05, 4.69) is 121 Å². The summed E-state index contributed by atoms with van der Waals surface area (Å²) in [6.45, 7) is 37.7. The zero-order valence-corrected chi connectivity index (χ0v) is 44.0. The third kappa shape index (κ3) is 16.1. The first-order valence-corrected chi connectivity index (χ1v) is 26.7. The van der Waals surface area contributed by atoms with Crippen molar-refractivity contribution in [3.63, 3.8) is 0 Å². The molecule has 0 saturated carbocycles. The summed E-state index contributed by atoms with van der Waals surface area (Å²) >= 11 is 0. The molecule has 2 aromatic carbocycles. The predicted octanol–water partition coefficient (Wildman–Crippen LogP) is 17.3. The maximum Gasteiger partial charge on any atom is 0.126 e. The number of hydrogen-bond acceptors (Lipinski definition) is 4. The van der Waals surface area contributed by atoms with E-state index in [0.29, 0.717) is 12.2 Å². The van der Waals surface area contributed by atoms with Crippen LogP contribution in [-0.2, 0) is 36.5 Å². The molecule has 0 aromatic heterocycles. The Balaban J connectivity index is 1.96. The molecule has 0 amide bonds. The second-order valence-electron chi connectivity index (χ2n) is 23.4. The highest BCUT2D eigenvalue weighted by atomic mass is 16.6. The van der Waals surface area contributed by atoms with Crippen LogP contribution >= 0.6 is 0 Å². The van der Waals surface area contributed by atoms with Crippen LogP contribution in [0.5, 0.6) is 11.5 Å². The van der Waals surface area contributed by atoms with Crippen LogP contribution in [0.3, 0.4) is 0 Å². The van der Waals surface area contributed by atoms with Gasteiger partial charge in [-0.05, 0) is 97.0 Å². The maximum absolute atomic E-state index is 7.17. The molecule has 2 atom stereocenters. The van der Waals surface area contributed by atoms with Gasteiger partial charge in [0.25, 0.3) is 0 Å². The Kier molecular flexibility index (Phi) is 21.0. The summed E-state index contributed by atoms with van der Waals surface area (Å²) in [5.41, 5.74) is 8.06. The standard InChI is InChI=1S/C59H100O4/c1-15-19-25-33-55(5,6)49-39-45(40-50(56(7,8)34-26-20-16-2)53(49)60-37-29-23-31-47-43-62-47)59(13,14)46-41-51(57(9,10)35-27-21-17-3)54(61-38-30-24-32-48-44-63-48)52(42-46)58(11,12)36-28-22-18-4/h39-42,47-48H,15-38,43-44H2,1-14H3. The van der Waals surface area contributed by atoms with Gasteiger partial charge in [-0.3, -0.25) is 0 Å². The molecule has 2 saturated heterocycles. The fourth-order valence-electron chi connectivity index (χ4n) is 10.0.